The molecule has 0 aliphatic carbocycles. The molecule has 124 valence electrons. The Balaban J connectivity index is 1.34. The molecule has 1 fully saturated rings. The zero-order valence-electron chi connectivity index (χ0n) is 13.9. The zero-order chi connectivity index (χ0) is 16.4. The van der Waals surface area contributed by atoms with Gasteiger partial charge in [0, 0.05) is 29.9 Å². The van der Waals surface area contributed by atoms with E-state index in [-0.39, 0.29) is 0 Å². The number of aromatic nitrogens is 2. The molecule has 3 heterocycles. The van der Waals surface area contributed by atoms with Gasteiger partial charge in [0.1, 0.15) is 5.82 Å². The van der Waals surface area contributed by atoms with E-state index in [2.05, 4.69) is 51.3 Å². The number of benzene rings is 1. The van der Waals surface area contributed by atoms with Gasteiger partial charge in [0.15, 0.2) is 0 Å². The number of hydrogen-bond acceptors (Lipinski definition) is 3. The molecule has 24 heavy (non-hydrogen) atoms. The minimum Gasteiger partial charge on any atom is -0.384 e. The highest BCUT2D eigenvalue weighted by atomic mass is 15.1. The first kappa shape index (κ1) is 15.2. The molecule has 0 spiro atoms. The van der Waals surface area contributed by atoms with Gasteiger partial charge in [-0.05, 0) is 49.9 Å². The van der Waals surface area contributed by atoms with E-state index in [1.54, 1.807) is 0 Å². The van der Waals surface area contributed by atoms with Crippen molar-refractivity contribution in [3.8, 4) is 0 Å². The highest BCUT2D eigenvalue weighted by Gasteiger charge is 2.20. The van der Waals surface area contributed by atoms with E-state index in [0.717, 1.165) is 23.4 Å². The van der Waals surface area contributed by atoms with Crippen LogP contribution in [0.4, 0.5) is 5.82 Å². The van der Waals surface area contributed by atoms with Gasteiger partial charge in [-0.1, -0.05) is 30.3 Å². The molecule has 0 unspecified atom stereocenters. The first-order valence-electron chi connectivity index (χ1n) is 8.76. The van der Waals surface area contributed by atoms with Gasteiger partial charge in [0.2, 0.25) is 0 Å². The molecular weight excluding hydrogens is 296 g/mol. The molecule has 3 aromatic rings. The lowest BCUT2D eigenvalue weighted by Crippen LogP contribution is -2.33. The number of nitrogens with two attached hydrogens (primary N) is 1. The molecule has 4 rings (SSSR count). The highest BCUT2D eigenvalue weighted by Crippen LogP contribution is 2.24. The molecule has 3 N–H and O–H groups in total. The quantitative estimate of drug-likeness (QED) is 0.772. The lowest BCUT2D eigenvalue weighted by atomic mass is 9.90. The van der Waals surface area contributed by atoms with Crippen molar-refractivity contribution in [1.29, 1.82) is 0 Å². The van der Waals surface area contributed by atoms with Crippen LogP contribution in [0.3, 0.4) is 0 Å². The van der Waals surface area contributed by atoms with E-state index < -0.39 is 0 Å². The number of piperidine rings is 1. The Morgan fingerprint density at radius 2 is 1.92 bits per heavy atom. The van der Waals surface area contributed by atoms with Crippen molar-refractivity contribution in [1.82, 2.24) is 14.9 Å². The summed E-state index contributed by atoms with van der Waals surface area (Å²) in [6.45, 7) is 3.33. The zero-order valence-corrected chi connectivity index (χ0v) is 13.9. The lowest BCUT2D eigenvalue weighted by Gasteiger charge is -2.31. The molecule has 1 aliphatic rings. The minimum absolute atomic E-state index is 0.567. The maximum atomic E-state index is 5.75. The van der Waals surface area contributed by atoms with E-state index in [4.69, 9.17) is 5.73 Å². The number of aromatic amines is 1. The molecule has 1 aliphatic heterocycles. The maximum absolute atomic E-state index is 5.75. The summed E-state index contributed by atoms with van der Waals surface area (Å²) in [6, 6.07) is 15.0. The molecule has 1 saturated heterocycles. The summed E-state index contributed by atoms with van der Waals surface area (Å²) in [4.78, 5) is 10.2. The molecule has 1 aromatic carbocycles. The third-order valence-electron chi connectivity index (χ3n) is 5.05. The normalized spacial score (nSPS) is 16.7. The van der Waals surface area contributed by atoms with E-state index in [1.165, 1.54) is 43.6 Å². The fourth-order valence-corrected chi connectivity index (χ4v) is 3.72. The summed E-state index contributed by atoms with van der Waals surface area (Å²) in [5.74, 6) is 1.38. The summed E-state index contributed by atoms with van der Waals surface area (Å²) in [7, 11) is 0. The monoisotopic (exact) mass is 320 g/mol. The SMILES string of the molecule is Nc1cc2[nH]c(CN3CCC(Cc4ccccc4)CC3)cc2cn1. The molecule has 0 saturated carbocycles. The fourth-order valence-electron chi connectivity index (χ4n) is 3.72. The second-order valence-electron chi connectivity index (χ2n) is 6.90. The number of H-pyrrole nitrogens is 1. The third kappa shape index (κ3) is 3.44. The molecule has 2 aromatic heterocycles. The van der Waals surface area contributed by atoms with Gasteiger partial charge in [0.25, 0.3) is 0 Å². The van der Waals surface area contributed by atoms with Crippen LogP contribution in [0, 0.1) is 5.92 Å². The average Bonchev–Trinajstić information content (AvgIpc) is 2.99. The van der Waals surface area contributed by atoms with Crippen LogP contribution in [0.2, 0.25) is 0 Å². The molecule has 4 nitrogen and oxygen atoms in total. The standard InChI is InChI=1S/C20H24N4/c21-20-12-19-17(13-22-20)11-18(23-19)14-24-8-6-16(7-9-24)10-15-4-2-1-3-5-15/h1-5,11-13,16,23H,6-10,14H2,(H2,21,22). The molecule has 0 bridgehead atoms. The minimum atomic E-state index is 0.567. The number of fused-ring (bicyclic) bond motifs is 1. The maximum Gasteiger partial charge on any atom is 0.125 e. The Morgan fingerprint density at radius 1 is 1.12 bits per heavy atom. The molecular formula is C20H24N4. The summed E-state index contributed by atoms with van der Waals surface area (Å²) in [6.07, 6.45) is 5.62. The Kier molecular flexibility index (Phi) is 4.22. The van der Waals surface area contributed by atoms with Crippen molar-refractivity contribution in [2.45, 2.75) is 25.8 Å². The largest absolute Gasteiger partial charge is 0.384 e. The van der Waals surface area contributed by atoms with Gasteiger partial charge in [-0.15, -0.1) is 0 Å². The van der Waals surface area contributed by atoms with Gasteiger partial charge >= 0.3 is 0 Å². The number of pyridine rings is 1. The summed E-state index contributed by atoms with van der Waals surface area (Å²) in [5.41, 5.74) is 9.55. The van der Waals surface area contributed by atoms with Gasteiger partial charge < -0.3 is 10.7 Å². The topological polar surface area (TPSA) is 57.9 Å². The van der Waals surface area contributed by atoms with Crippen LogP contribution in [-0.2, 0) is 13.0 Å². The number of anilines is 1. The van der Waals surface area contributed by atoms with E-state index in [9.17, 15) is 0 Å². The summed E-state index contributed by atoms with van der Waals surface area (Å²) >= 11 is 0. The smallest absolute Gasteiger partial charge is 0.125 e. The first-order chi connectivity index (χ1) is 11.8. The van der Waals surface area contributed by atoms with Crippen molar-refractivity contribution in [2.24, 2.45) is 5.92 Å². The van der Waals surface area contributed by atoms with Crippen LogP contribution < -0.4 is 5.73 Å². The van der Waals surface area contributed by atoms with Crippen molar-refractivity contribution in [2.75, 3.05) is 18.8 Å². The predicted molar refractivity (Wildman–Crippen MR) is 98.7 cm³/mol. The highest BCUT2D eigenvalue weighted by molar-refractivity contribution is 5.81. The number of rotatable bonds is 4. The van der Waals surface area contributed by atoms with Crippen molar-refractivity contribution in [3.63, 3.8) is 0 Å². The van der Waals surface area contributed by atoms with Crippen LogP contribution in [0.15, 0.2) is 48.7 Å². The van der Waals surface area contributed by atoms with E-state index in [1.807, 2.05) is 12.3 Å². The lowest BCUT2D eigenvalue weighted by molar-refractivity contribution is 0.175. The molecule has 0 amide bonds. The number of hydrogen-bond donors (Lipinski definition) is 2. The van der Waals surface area contributed by atoms with Crippen LogP contribution in [-0.4, -0.2) is 28.0 Å². The second-order valence-corrected chi connectivity index (χ2v) is 6.90. The molecule has 0 radical (unpaired) electrons. The van der Waals surface area contributed by atoms with Gasteiger partial charge in [-0.25, -0.2) is 4.98 Å². The predicted octanol–water partition coefficient (Wildman–Crippen LogP) is 3.60. The fraction of sp³-hybridized carbons (Fsp3) is 0.350. The molecule has 0 atom stereocenters. The van der Waals surface area contributed by atoms with Crippen LogP contribution in [0.5, 0.6) is 0 Å². The summed E-state index contributed by atoms with van der Waals surface area (Å²) in [5, 5.41) is 1.14. The number of nitrogen functional groups attached to an aromatic ring is 1. The number of nitrogens with zero attached hydrogens (tertiary/aromatic N) is 2. The van der Waals surface area contributed by atoms with Gasteiger partial charge in [-0.2, -0.15) is 0 Å². The first-order valence-corrected chi connectivity index (χ1v) is 8.76. The van der Waals surface area contributed by atoms with Crippen molar-refractivity contribution in [3.05, 3.63) is 59.9 Å². The van der Waals surface area contributed by atoms with E-state index >= 15 is 0 Å². The number of likely N-dealkylation sites (tertiary alicyclic amines) is 1. The Morgan fingerprint density at radius 3 is 2.71 bits per heavy atom. The van der Waals surface area contributed by atoms with Crippen LogP contribution in [0.1, 0.15) is 24.1 Å². The van der Waals surface area contributed by atoms with Crippen LogP contribution >= 0.6 is 0 Å². The van der Waals surface area contributed by atoms with Crippen molar-refractivity contribution < 1.29 is 0 Å². The second kappa shape index (κ2) is 6.65. The Labute approximate surface area is 142 Å². The Bertz CT molecular complexity index is 801. The van der Waals surface area contributed by atoms with Crippen LogP contribution in [0.25, 0.3) is 10.9 Å². The van der Waals surface area contributed by atoms with E-state index in [0.29, 0.717) is 5.82 Å². The number of nitrogens with one attached hydrogen (secondary N) is 1. The molecule has 4 heteroatoms. The third-order valence-corrected chi connectivity index (χ3v) is 5.05. The average molecular weight is 320 g/mol. The summed E-state index contributed by atoms with van der Waals surface area (Å²) < 4.78 is 0. The van der Waals surface area contributed by atoms with Crippen molar-refractivity contribution >= 4 is 16.7 Å². The van der Waals surface area contributed by atoms with Gasteiger partial charge in [0.05, 0.1) is 5.52 Å². The van der Waals surface area contributed by atoms with Gasteiger partial charge in [-0.3, -0.25) is 4.90 Å². The Hall–Kier alpha value is -2.33.